The third-order valence-electron chi connectivity index (χ3n) is 3.70. The van der Waals surface area contributed by atoms with Crippen molar-refractivity contribution in [2.75, 3.05) is 18.7 Å². The molecule has 1 aliphatic rings. The highest BCUT2D eigenvalue weighted by atomic mass is 19.4. The highest BCUT2D eigenvalue weighted by Gasteiger charge is 2.30. The molecule has 0 unspecified atom stereocenters. The smallest absolute Gasteiger partial charge is 0.416 e. The van der Waals surface area contributed by atoms with Crippen molar-refractivity contribution in [3.05, 3.63) is 47.5 Å². The van der Waals surface area contributed by atoms with E-state index in [2.05, 4.69) is 5.32 Å². The third kappa shape index (κ3) is 4.30. The Kier molecular flexibility index (Phi) is 4.93. The van der Waals surface area contributed by atoms with E-state index < -0.39 is 24.3 Å². The molecule has 0 bridgehead atoms. The van der Waals surface area contributed by atoms with Gasteiger partial charge < -0.3 is 19.5 Å². The molecule has 1 aliphatic heterocycles. The van der Waals surface area contributed by atoms with Crippen molar-refractivity contribution < 1.29 is 37.0 Å². The van der Waals surface area contributed by atoms with Gasteiger partial charge in [-0.15, -0.1) is 0 Å². The van der Waals surface area contributed by atoms with E-state index in [0.29, 0.717) is 11.5 Å². The summed E-state index contributed by atoms with van der Waals surface area (Å²) in [5.41, 5.74) is -0.467. The molecule has 1 N–H and O–H groups in total. The summed E-state index contributed by atoms with van der Waals surface area (Å²) < 4.78 is 53.6. The molecule has 1 amide bonds. The van der Waals surface area contributed by atoms with Crippen LogP contribution in [0, 0.1) is 0 Å². The molecule has 0 aliphatic carbocycles. The Morgan fingerprint density at radius 1 is 1.15 bits per heavy atom. The number of rotatable bonds is 5. The van der Waals surface area contributed by atoms with Crippen LogP contribution >= 0.6 is 0 Å². The lowest BCUT2D eigenvalue weighted by atomic mass is 10.1. The molecule has 2 aromatic rings. The highest BCUT2D eigenvalue weighted by molar-refractivity contribution is 6.04. The predicted octanol–water partition coefficient (Wildman–Crippen LogP) is 3.65. The number of nitrogens with one attached hydrogen (secondary N) is 1. The van der Waals surface area contributed by atoms with Crippen molar-refractivity contribution in [1.82, 2.24) is 0 Å². The van der Waals surface area contributed by atoms with Crippen LogP contribution in [0.2, 0.25) is 0 Å². The zero-order chi connectivity index (χ0) is 19.6. The predicted molar refractivity (Wildman–Crippen MR) is 88.1 cm³/mol. The Morgan fingerprint density at radius 2 is 1.85 bits per heavy atom. The average Bonchev–Trinajstić information content (AvgIpc) is 3.06. The fourth-order valence-electron chi connectivity index (χ4n) is 2.43. The van der Waals surface area contributed by atoms with E-state index in [-0.39, 0.29) is 29.6 Å². The Labute approximate surface area is 151 Å². The molecule has 27 heavy (non-hydrogen) atoms. The molecule has 1 heterocycles. The Bertz CT molecular complexity index is 895. The number of ketones is 1. The summed E-state index contributed by atoms with van der Waals surface area (Å²) in [5, 5.41) is 2.49. The van der Waals surface area contributed by atoms with Gasteiger partial charge in [0.1, 0.15) is 5.75 Å². The molecule has 0 spiro atoms. The molecular formula is C18H14F3NO5. The lowest BCUT2D eigenvalue weighted by molar-refractivity contribution is -0.137. The minimum absolute atomic E-state index is 0.00271. The van der Waals surface area contributed by atoms with Crippen molar-refractivity contribution in [2.24, 2.45) is 0 Å². The van der Waals surface area contributed by atoms with Gasteiger partial charge in [0.2, 0.25) is 6.79 Å². The van der Waals surface area contributed by atoms with Crippen LogP contribution in [-0.2, 0) is 11.0 Å². The zero-order valence-electron chi connectivity index (χ0n) is 14.1. The lowest BCUT2D eigenvalue weighted by Crippen LogP contribution is -2.21. The van der Waals surface area contributed by atoms with Crippen LogP contribution in [0.25, 0.3) is 0 Å². The first-order chi connectivity index (χ1) is 12.7. The number of carbonyl (C=O) groups excluding carboxylic acids is 2. The third-order valence-corrected chi connectivity index (χ3v) is 3.70. The number of halogens is 3. The molecule has 0 fully saturated rings. The number of ether oxygens (including phenoxy) is 3. The molecule has 0 radical (unpaired) electrons. The minimum atomic E-state index is -4.51. The molecule has 0 atom stereocenters. The monoisotopic (exact) mass is 381 g/mol. The Balaban J connectivity index is 1.69. The normalized spacial score (nSPS) is 12.6. The van der Waals surface area contributed by atoms with Gasteiger partial charge in [0.25, 0.3) is 5.91 Å². The Morgan fingerprint density at radius 3 is 2.52 bits per heavy atom. The Hall–Kier alpha value is -3.23. The first kappa shape index (κ1) is 18.6. The molecule has 0 aromatic heterocycles. The molecule has 9 heteroatoms. The first-order valence-corrected chi connectivity index (χ1v) is 7.78. The summed E-state index contributed by atoms with van der Waals surface area (Å²) in [6, 6.07) is 7.09. The van der Waals surface area contributed by atoms with Crippen LogP contribution in [-0.4, -0.2) is 25.1 Å². The number of fused-ring (bicyclic) bond motifs is 1. The molecule has 2 aromatic carbocycles. The van der Waals surface area contributed by atoms with Crippen molar-refractivity contribution >= 4 is 17.4 Å². The van der Waals surface area contributed by atoms with E-state index in [4.69, 9.17) is 14.2 Å². The summed E-state index contributed by atoms with van der Waals surface area (Å²) in [6.07, 6.45) is -4.51. The zero-order valence-corrected chi connectivity index (χ0v) is 14.1. The van der Waals surface area contributed by atoms with E-state index in [0.717, 1.165) is 12.1 Å². The van der Waals surface area contributed by atoms with Crippen LogP contribution in [0.5, 0.6) is 17.2 Å². The van der Waals surface area contributed by atoms with Crippen molar-refractivity contribution in [2.45, 2.75) is 13.1 Å². The van der Waals surface area contributed by atoms with Crippen LogP contribution < -0.4 is 19.5 Å². The fourth-order valence-corrected chi connectivity index (χ4v) is 2.43. The number of hydrogen-bond acceptors (Lipinski definition) is 5. The summed E-state index contributed by atoms with van der Waals surface area (Å²) in [6.45, 7) is 0.794. The van der Waals surface area contributed by atoms with E-state index in [1.807, 2.05) is 0 Å². The molecule has 0 saturated carbocycles. The number of hydrogen-bond donors (Lipinski definition) is 1. The maximum atomic E-state index is 12.7. The van der Waals surface area contributed by atoms with Crippen LogP contribution in [0.4, 0.5) is 18.9 Å². The molecule has 0 saturated heterocycles. The van der Waals surface area contributed by atoms with Gasteiger partial charge in [0.05, 0.1) is 11.3 Å². The first-order valence-electron chi connectivity index (χ1n) is 7.78. The highest BCUT2D eigenvalue weighted by Crippen LogP contribution is 2.37. The van der Waals surface area contributed by atoms with Crippen molar-refractivity contribution in [3.63, 3.8) is 0 Å². The minimum Gasteiger partial charge on any atom is -0.484 e. The van der Waals surface area contributed by atoms with E-state index in [1.165, 1.54) is 31.2 Å². The number of benzene rings is 2. The van der Waals surface area contributed by atoms with Gasteiger partial charge in [-0.3, -0.25) is 9.59 Å². The number of Topliss-reactive ketones (excluding diaryl/α,β-unsaturated/α-hetero) is 1. The van der Waals surface area contributed by atoms with Gasteiger partial charge in [-0.1, -0.05) is 6.07 Å². The second-order valence-corrected chi connectivity index (χ2v) is 5.67. The summed E-state index contributed by atoms with van der Waals surface area (Å²) in [5.74, 6) is -0.291. The van der Waals surface area contributed by atoms with Crippen molar-refractivity contribution in [1.29, 1.82) is 0 Å². The quantitative estimate of drug-likeness (QED) is 0.801. The molecule has 6 nitrogen and oxygen atoms in total. The largest absolute Gasteiger partial charge is 0.484 e. The van der Waals surface area contributed by atoms with Crippen LogP contribution in [0.1, 0.15) is 22.8 Å². The van der Waals surface area contributed by atoms with Gasteiger partial charge in [-0.2, -0.15) is 13.2 Å². The van der Waals surface area contributed by atoms with Gasteiger partial charge in [-0.25, -0.2) is 0 Å². The summed E-state index contributed by atoms with van der Waals surface area (Å²) >= 11 is 0. The molecule has 3 rings (SSSR count). The van der Waals surface area contributed by atoms with Gasteiger partial charge in [0, 0.05) is 11.6 Å². The standard InChI is InChI=1S/C18H14F3NO5/c1-10(23)13-6-15-16(27-9-26-15)7-14(13)22-17(24)8-25-12-4-2-3-11(5-12)18(19,20)21/h2-7H,8-9H2,1H3,(H,22,24). The molecule has 142 valence electrons. The lowest BCUT2D eigenvalue weighted by Gasteiger charge is -2.12. The summed E-state index contributed by atoms with van der Waals surface area (Å²) in [4.78, 5) is 23.9. The number of anilines is 1. The van der Waals surface area contributed by atoms with Gasteiger partial charge in [0.15, 0.2) is 23.9 Å². The maximum Gasteiger partial charge on any atom is 0.416 e. The number of carbonyl (C=O) groups is 2. The SMILES string of the molecule is CC(=O)c1cc2c(cc1NC(=O)COc1cccc(C(F)(F)F)c1)OCO2. The van der Waals surface area contributed by atoms with Crippen LogP contribution in [0.15, 0.2) is 36.4 Å². The summed E-state index contributed by atoms with van der Waals surface area (Å²) in [7, 11) is 0. The topological polar surface area (TPSA) is 73.9 Å². The van der Waals surface area contributed by atoms with Crippen LogP contribution in [0.3, 0.4) is 0 Å². The van der Waals surface area contributed by atoms with E-state index >= 15 is 0 Å². The van der Waals surface area contributed by atoms with E-state index in [1.54, 1.807) is 0 Å². The second kappa shape index (κ2) is 7.18. The average molecular weight is 381 g/mol. The van der Waals surface area contributed by atoms with Gasteiger partial charge >= 0.3 is 6.18 Å². The molecular weight excluding hydrogens is 367 g/mol. The van der Waals surface area contributed by atoms with E-state index in [9.17, 15) is 22.8 Å². The maximum absolute atomic E-state index is 12.7. The number of alkyl halides is 3. The number of amides is 1. The van der Waals surface area contributed by atoms with Gasteiger partial charge in [-0.05, 0) is 31.2 Å². The fraction of sp³-hybridized carbons (Fsp3) is 0.222. The van der Waals surface area contributed by atoms with Crippen molar-refractivity contribution in [3.8, 4) is 17.2 Å². The second-order valence-electron chi connectivity index (χ2n) is 5.67.